The second-order valence-corrected chi connectivity index (χ2v) is 3.69. The Labute approximate surface area is 85.7 Å². The second-order valence-electron chi connectivity index (χ2n) is 2.23. The third-order valence-corrected chi connectivity index (χ3v) is 1.82. The summed E-state index contributed by atoms with van der Waals surface area (Å²) in [6, 6.07) is 0. The maximum atomic E-state index is 10.9. The normalized spacial score (nSPS) is 10.9. The fraction of sp³-hybridized carbons (Fsp3) is 0.667. The molecule has 15 heavy (non-hydrogen) atoms. The monoisotopic (exact) mass is 242 g/mol. The van der Waals surface area contributed by atoms with Crippen LogP contribution in [-0.4, -0.2) is 30.4 Å². The summed E-state index contributed by atoms with van der Waals surface area (Å²) in [6.45, 7) is 0.767. The molecule has 0 fully saturated rings. The van der Waals surface area contributed by atoms with E-state index in [1.54, 1.807) is 0 Å². The van der Waals surface area contributed by atoms with Crippen molar-refractivity contribution in [3.63, 3.8) is 0 Å². The maximum absolute atomic E-state index is 10.9. The highest BCUT2D eigenvalue weighted by atomic mass is 31.2. The molecule has 0 aromatic heterocycles. The highest BCUT2D eigenvalue weighted by molar-refractivity contribution is 7.47. The van der Waals surface area contributed by atoms with Gasteiger partial charge < -0.3 is 14.4 Å². The van der Waals surface area contributed by atoms with Crippen LogP contribution in [0.15, 0.2) is 0 Å². The Kier molecular flexibility index (Phi) is 6.11. The number of ether oxygens (including phenoxy) is 2. The van der Waals surface area contributed by atoms with Crippen molar-refractivity contribution in [2.45, 2.75) is 13.8 Å². The highest BCUT2D eigenvalue weighted by Gasteiger charge is 2.21. The van der Waals surface area contributed by atoms with Gasteiger partial charge in [0.05, 0.1) is 0 Å². The van der Waals surface area contributed by atoms with Gasteiger partial charge in [0.1, 0.15) is 0 Å². The maximum Gasteiger partial charge on any atom is 0.478 e. The van der Waals surface area contributed by atoms with Crippen LogP contribution >= 0.6 is 7.82 Å². The van der Waals surface area contributed by atoms with Gasteiger partial charge in [-0.15, -0.1) is 0 Å². The molecule has 0 aliphatic carbocycles. The van der Waals surface area contributed by atoms with Gasteiger partial charge in [-0.25, -0.2) is 13.6 Å². The molecule has 9 heteroatoms. The predicted octanol–water partition coefficient (Wildman–Crippen LogP) is 0.161. The molecule has 0 atom stereocenters. The third kappa shape index (κ3) is 9.36. The highest BCUT2D eigenvalue weighted by Crippen LogP contribution is 2.42. The summed E-state index contributed by atoms with van der Waals surface area (Å²) in [4.78, 5) is 29.4. The number of hydrogen-bond donors (Lipinski definition) is 1. The Morgan fingerprint density at radius 3 is 1.67 bits per heavy atom. The van der Waals surface area contributed by atoms with Gasteiger partial charge in [-0.05, 0) is 0 Å². The van der Waals surface area contributed by atoms with Gasteiger partial charge >= 0.3 is 19.8 Å². The first-order valence-electron chi connectivity index (χ1n) is 3.72. The lowest BCUT2D eigenvalue weighted by Gasteiger charge is -2.11. The van der Waals surface area contributed by atoms with Crippen molar-refractivity contribution in [3.05, 3.63) is 0 Å². The van der Waals surface area contributed by atoms with E-state index in [1.165, 1.54) is 0 Å². The van der Waals surface area contributed by atoms with Crippen LogP contribution in [-0.2, 0) is 32.7 Å². The van der Waals surface area contributed by atoms with E-state index in [0.29, 0.717) is 0 Å². The van der Waals surface area contributed by atoms with Gasteiger partial charge in [0.15, 0.2) is 0 Å². The fourth-order valence-corrected chi connectivity index (χ4v) is 0.836. The first-order chi connectivity index (χ1) is 6.83. The molecular weight excluding hydrogens is 231 g/mol. The molecule has 0 aromatic rings. The molecule has 1 N–H and O–H groups in total. The Hall–Kier alpha value is -0.950. The SMILES string of the molecule is CC(=O)OCOP(=O)(O)OCOC(C)=O. The summed E-state index contributed by atoms with van der Waals surface area (Å²) in [5.41, 5.74) is 0. The zero-order valence-electron chi connectivity index (χ0n) is 8.17. The first kappa shape index (κ1) is 14.1. The fourth-order valence-electron chi connectivity index (χ4n) is 0.389. The molecule has 8 nitrogen and oxygen atoms in total. The summed E-state index contributed by atoms with van der Waals surface area (Å²) >= 11 is 0. The van der Waals surface area contributed by atoms with Crippen LogP contribution < -0.4 is 0 Å². The van der Waals surface area contributed by atoms with E-state index in [4.69, 9.17) is 4.89 Å². The van der Waals surface area contributed by atoms with Crippen molar-refractivity contribution in [2.75, 3.05) is 13.6 Å². The summed E-state index contributed by atoms with van der Waals surface area (Å²) in [5.74, 6) is -1.34. The van der Waals surface area contributed by atoms with Crippen LogP contribution in [0.25, 0.3) is 0 Å². The van der Waals surface area contributed by atoms with Crippen molar-refractivity contribution in [1.82, 2.24) is 0 Å². The average molecular weight is 242 g/mol. The minimum Gasteiger partial charge on any atom is -0.438 e. The van der Waals surface area contributed by atoms with Crippen molar-refractivity contribution in [1.29, 1.82) is 0 Å². The second kappa shape index (κ2) is 6.52. The number of esters is 2. The molecule has 0 aliphatic heterocycles. The first-order valence-corrected chi connectivity index (χ1v) is 5.21. The molecule has 0 aliphatic rings. The van der Waals surface area contributed by atoms with E-state index >= 15 is 0 Å². The van der Waals surface area contributed by atoms with E-state index in [2.05, 4.69) is 18.5 Å². The third-order valence-electron chi connectivity index (χ3n) is 0.956. The predicted molar refractivity (Wildman–Crippen MR) is 45.3 cm³/mol. The number of phosphoric acid groups is 1. The Bertz CT molecular complexity index is 250. The molecule has 0 unspecified atom stereocenters. The van der Waals surface area contributed by atoms with Crippen molar-refractivity contribution in [2.24, 2.45) is 0 Å². The van der Waals surface area contributed by atoms with Crippen molar-refractivity contribution >= 4 is 19.8 Å². The Morgan fingerprint density at radius 1 is 1.07 bits per heavy atom. The molecule has 0 heterocycles. The number of rotatable bonds is 6. The number of carbonyl (C=O) groups is 2. The summed E-state index contributed by atoms with van der Waals surface area (Å²) < 4.78 is 27.7. The van der Waals surface area contributed by atoms with Gasteiger partial charge in [-0.2, -0.15) is 0 Å². The van der Waals surface area contributed by atoms with Gasteiger partial charge in [0.25, 0.3) is 0 Å². The van der Waals surface area contributed by atoms with Gasteiger partial charge in [-0.1, -0.05) is 0 Å². The lowest BCUT2D eigenvalue weighted by Crippen LogP contribution is -2.07. The van der Waals surface area contributed by atoms with E-state index in [1.807, 2.05) is 0 Å². The standard InChI is InChI=1S/C6H11O8P/c1-5(7)11-3-13-15(9,10)14-4-12-6(2)8/h3-4H2,1-2H3,(H,9,10). The summed E-state index contributed by atoms with van der Waals surface area (Å²) in [7, 11) is -4.36. The van der Waals surface area contributed by atoms with E-state index in [0.717, 1.165) is 13.8 Å². The number of carbonyl (C=O) groups excluding carboxylic acids is 2. The molecule has 88 valence electrons. The van der Waals surface area contributed by atoms with Crippen molar-refractivity contribution < 1.29 is 37.6 Å². The van der Waals surface area contributed by atoms with Crippen molar-refractivity contribution in [3.8, 4) is 0 Å². The van der Waals surface area contributed by atoms with E-state index in [-0.39, 0.29) is 0 Å². The molecule has 0 spiro atoms. The minimum atomic E-state index is -4.36. The lowest BCUT2D eigenvalue weighted by molar-refractivity contribution is -0.150. The molecule has 0 rings (SSSR count). The lowest BCUT2D eigenvalue weighted by atomic mass is 10.8. The zero-order valence-corrected chi connectivity index (χ0v) is 9.06. The molecule has 0 amide bonds. The molecule has 0 radical (unpaired) electrons. The van der Waals surface area contributed by atoms with Crippen LogP contribution in [0.4, 0.5) is 0 Å². The average Bonchev–Trinajstić information content (AvgIpc) is 2.01. The quantitative estimate of drug-likeness (QED) is 0.398. The number of phosphoric ester groups is 1. The topological polar surface area (TPSA) is 108 Å². The molecule has 0 saturated heterocycles. The molecule has 0 aromatic carbocycles. The van der Waals surface area contributed by atoms with E-state index in [9.17, 15) is 14.2 Å². The smallest absolute Gasteiger partial charge is 0.438 e. The summed E-state index contributed by atoms with van der Waals surface area (Å²) in [5, 5.41) is 0. The Morgan fingerprint density at radius 2 is 1.40 bits per heavy atom. The van der Waals surface area contributed by atoms with Gasteiger partial charge in [-0.3, -0.25) is 9.59 Å². The zero-order chi connectivity index (χ0) is 11.9. The van der Waals surface area contributed by atoms with Crippen LogP contribution in [0.1, 0.15) is 13.8 Å². The van der Waals surface area contributed by atoms with Crippen LogP contribution in [0, 0.1) is 0 Å². The van der Waals surface area contributed by atoms with Crippen LogP contribution in [0.5, 0.6) is 0 Å². The molecule has 0 bridgehead atoms. The Balaban J connectivity index is 3.72. The van der Waals surface area contributed by atoms with E-state index < -0.39 is 33.3 Å². The largest absolute Gasteiger partial charge is 0.478 e. The number of hydrogen-bond acceptors (Lipinski definition) is 7. The van der Waals surface area contributed by atoms with Gasteiger partial charge in [0.2, 0.25) is 13.6 Å². The molecular formula is C6H11O8P. The molecule has 0 saturated carbocycles. The van der Waals surface area contributed by atoms with Crippen LogP contribution in [0.3, 0.4) is 0 Å². The van der Waals surface area contributed by atoms with Crippen LogP contribution in [0.2, 0.25) is 0 Å². The summed E-state index contributed by atoms with van der Waals surface area (Å²) in [6.07, 6.45) is 0. The minimum absolute atomic E-state index is 0.671. The van der Waals surface area contributed by atoms with Gasteiger partial charge in [0, 0.05) is 13.8 Å².